The summed E-state index contributed by atoms with van der Waals surface area (Å²) in [5.74, 6) is -0.861. The van der Waals surface area contributed by atoms with E-state index in [9.17, 15) is 17.6 Å². The lowest BCUT2D eigenvalue weighted by molar-refractivity contribution is 0.0696. The van der Waals surface area contributed by atoms with Crippen molar-refractivity contribution in [3.63, 3.8) is 0 Å². The van der Waals surface area contributed by atoms with Gasteiger partial charge in [-0.3, -0.25) is 4.79 Å². The van der Waals surface area contributed by atoms with Gasteiger partial charge in [-0.05, 0) is 58.4 Å². The highest BCUT2D eigenvalue weighted by atomic mass is 79.9. The first-order valence-electron chi connectivity index (χ1n) is 8.07. The van der Waals surface area contributed by atoms with E-state index < -0.39 is 15.8 Å². The third-order valence-electron chi connectivity index (χ3n) is 4.31. The van der Waals surface area contributed by atoms with Crippen molar-refractivity contribution < 1.29 is 17.6 Å². The summed E-state index contributed by atoms with van der Waals surface area (Å²) >= 11 is 3.24. The summed E-state index contributed by atoms with van der Waals surface area (Å²) in [6, 6.07) is 11.5. The van der Waals surface area contributed by atoms with Crippen molar-refractivity contribution >= 4 is 31.9 Å². The Morgan fingerprint density at radius 1 is 1.07 bits per heavy atom. The Morgan fingerprint density at radius 2 is 1.70 bits per heavy atom. The van der Waals surface area contributed by atoms with Crippen LogP contribution in [0.25, 0.3) is 0 Å². The molecule has 0 bridgehead atoms. The zero-order valence-corrected chi connectivity index (χ0v) is 16.5. The topological polar surface area (TPSA) is 81.5 Å². The predicted molar refractivity (Wildman–Crippen MR) is 99.9 cm³/mol. The summed E-state index contributed by atoms with van der Waals surface area (Å²) in [5.41, 5.74) is 0.587. The number of benzene rings is 2. The molecule has 1 heterocycles. The maximum Gasteiger partial charge on any atom is 0.255 e. The second kappa shape index (κ2) is 7.76. The molecule has 1 aliphatic rings. The smallest absolute Gasteiger partial charge is 0.255 e. The number of sulfonamides is 1. The molecule has 0 spiro atoms. The summed E-state index contributed by atoms with van der Waals surface area (Å²) in [7, 11) is -3.70. The number of carbonyl (C=O) groups is 1. The van der Waals surface area contributed by atoms with E-state index in [1.165, 1.54) is 45.6 Å². The fourth-order valence-electron chi connectivity index (χ4n) is 2.81. The van der Waals surface area contributed by atoms with E-state index in [1.54, 1.807) is 0 Å². The zero-order valence-electron chi connectivity index (χ0n) is 14.1. The number of nitrogens with zero attached hydrogens (tertiary/aromatic N) is 3. The molecule has 140 valence electrons. The third-order valence-corrected chi connectivity index (χ3v) is 6.91. The SMILES string of the molecule is N#Cc1ccc(S(=O)(=O)N2CCN(C(=O)c3cc(F)ccc3Br)CC2)cc1. The molecule has 2 aromatic carbocycles. The van der Waals surface area contributed by atoms with Gasteiger partial charge in [0.25, 0.3) is 5.91 Å². The molecule has 1 amide bonds. The largest absolute Gasteiger partial charge is 0.336 e. The van der Waals surface area contributed by atoms with Gasteiger partial charge in [0.2, 0.25) is 10.0 Å². The van der Waals surface area contributed by atoms with Crippen LogP contribution in [0, 0.1) is 17.1 Å². The molecule has 1 fully saturated rings. The van der Waals surface area contributed by atoms with Crippen LogP contribution < -0.4 is 0 Å². The van der Waals surface area contributed by atoms with Crippen molar-refractivity contribution in [3.05, 3.63) is 63.9 Å². The van der Waals surface area contributed by atoms with E-state index >= 15 is 0 Å². The molecule has 3 rings (SSSR count). The van der Waals surface area contributed by atoms with E-state index in [4.69, 9.17) is 5.26 Å². The first-order valence-corrected chi connectivity index (χ1v) is 10.3. The maximum atomic E-state index is 13.4. The van der Waals surface area contributed by atoms with Crippen LogP contribution in [-0.2, 0) is 10.0 Å². The Kier molecular flexibility index (Phi) is 5.60. The molecule has 2 aromatic rings. The summed E-state index contributed by atoms with van der Waals surface area (Å²) < 4.78 is 40.7. The van der Waals surface area contributed by atoms with Gasteiger partial charge >= 0.3 is 0 Å². The van der Waals surface area contributed by atoms with Crippen LogP contribution in [0.2, 0.25) is 0 Å². The van der Waals surface area contributed by atoms with Crippen molar-refractivity contribution in [2.75, 3.05) is 26.2 Å². The Balaban J connectivity index is 1.71. The molecule has 0 aliphatic carbocycles. The summed E-state index contributed by atoms with van der Waals surface area (Å²) in [6.45, 7) is 0.691. The molecule has 0 unspecified atom stereocenters. The molecule has 0 atom stereocenters. The van der Waals surface area contributed by atoms with E-state index in [2.05, 4.69) is 15.9 Å². The second-order valence-electron chi connectivity index (χ2n) is 5.96. The first kappa shape index (κ1) is 19.5. The van der Waals surface area contributed by atoms with Gasteiger partial charge in [-0.1, -0.05) is 0 Å². The summed E-state index contributed by atoms with van der Waals surface area (Å²) in [5, 5.41) is 8.82. The Labute approximate surface area is 165 Å². The van der Waals surface area contributed by atoms with Crippen molar-refractivity contribution in [1.82, 2.24) is 9.21 Å². The van der Waals surface area contributed by atoms with Crippen molar-refractivity contribution in [3.8, 4) is 6.07 Å². The average molecular weight is 452 g/mol. The van der Waals surface area contributed by atoms with Crippen LogP contribution >= 0.6 is 15.9 Å². The van der Waals surface area contributed by atoms with E-state index in [-0.39, 0.29) is 42.5 Å². The molecule has 0 aromatic heterocycles. The van der Waals surface area contributed by atoms with Crippen molar-refractivity contribution in [2.45, 2.75) is 4.90 Å². The highest BCUT2D eigenvalue weighted by molar-refractivity contribution is 9.10. The van der Waals surface area contributed by atoms with E-state index in [0.29, 0.717) is 10.0 Å². The summed E-state index contributed by atoms with van der Waals surface area (Å²) in [4.78, 5) is 14.2. The number of nitriles is 1. The number of hydrogen-bond donors (Lipinski definition) is 0. The minimum Gasteiger partial charge on any atom is -0.336 e. The van der Waals surface area contributed by atoms with Crippen LogP contribution in [0.4, 0.5) is 4.39 Å². The third kappa shape index (κ3) is 4.03. The molecule has 0 saturated carbocycles. The summed E-state index contributed by atoms with van der Waals surface area (Å²) in [6.07, 6.45) is 0. The van der Waals surface area contributed by atoms with Crippen LogP contribution in [0.15, 0.2) is 51.8 Å². The van der Waals surface area contributed by atoms with Gasteiger partial charge in [-0.25, -0.2) is 12.8 Å². The average Bonchev–Trinajstić information content (AvgIpc) is 2.69. The lowest BCUT2D eigenvalue weighted by atomic mass is 10.2. The Hall–Kier alpha value is -2.28. The van der Waals surface area contributed by atoms with Crippen LogP contribution in [-0.4, -0.2) is 49.7 Å². The number of hydrogen-bond acceptors (Lipinski definition) is 4. The Morgan fingerprint density at radius 3 is 2.30 bits per heavy atom. The van der Waals surface area contributed by atoms with Gasteiger partial charge in [0, 0.05) is 30.7 Å². The minimum atomic E-state index is -3.70. The molecule has 6 nitrogen and oxygen atoms in total. The van der Waals surface area contributed by atoms with Gasteiger partial charge in [0.15, 0.2) is 0 Å². The molecular formula is C18H15BrFN3O3S. The van der Waals surface area contributed by atoms with Gasteiger partial charge in [0.1, 0.15) is 5.82 Å². The van der Waals surface area contributed by atoms with Gasteiger partial charge in [-0.2, -0.15) is 9.57 Å². The fourth-order valence-corrected chi connectivity index (χ4v) is 4.65. The van der Waals surface area contributed by atoms with Crippen molar-refractivity contribution in [2.24, 2.45) is 0 Å². The first-order chi connectivity index (χ1) is 12.8. The normalized spacial score (nSPS) is 15.4. The Bertz CT molecular complexity index is 1010. The zero-order chi connectivity index (χ0) is 19.6. The van der Waals surface area contributed by atoms with Gasteiger partial charge in [-0.15, -0.1) is 0 Å². The maximum absolute atomic E-state index is 13.4. The predicted octanol–water partition coefficient (Wildman–Crippen LogP) is 2.61. The number of halogens is 2. The number of amides is 1. The van der Waals surface area contributed by atoms with Crippen LogP contribution in [0.3, 0.4) is 0 Å². The number of carbonyl (C=O) groups excluding carboxylic acids is 1. The molecular weight excluding hydrogens is 437 g/mol. The highest BCUT2D eigenvalue weighted by Gasteiger charge is 2.31. The van der Waals surface area contributed by atoms with E-state index in [1.807, 2.05) is 6.07 Å². The molecule has 0 N–H and O–H groups in total. The molecule has 1 aliphatic heterocycles. The van der Waals surface area contributed by atoms with Gasteiger partial charge in [0.05, 0.1) is 22.1 Å². The molecule has 27 heavy (non-hydrogen) atoms. The standard InChI is InChI=1S/C18H15BrFN3O3S/c19-17-6-3-14(20)11-16(17)18(24)22-7-9-23(10-8-22)27(25,26)15-4-1-13(12-21)2-5-15/h1-6,11H,7-10H2. The lowest BCUT2D eigenvalue weighted by Gasteiger charge is -2.34. The minimum absolute atomic E-state index is 0.106. The van der Waals surface area contributed by atoms with Crippen LogP contribution in [0.5, 0.6) is 0 Å². The monoisotopic (exact) mass is 451 g/mol. The molecule has 1 saturated heterocycles. The van der Waals surface area contributed by atoms with Crippen LogP contribution in [0.1, 0.15) is 15.9 Å². The van der Waals surface area contributed by atoms with Crippen molar-refractivity contribution in [1.29, 1.82) is 5.26 Å². The van der Waals surface area contributed by atoms with E-state index in [0.717, 1.165) is 6.07 Å². The highest BCUT2D eigenvalue weighted by Crippen LogP contribution is 2.22. The number of rotatable bonds is 3. The molecule has 9 heteroatoms. The second-order valence-corrected chi connectivity index (χ2v) is 8.75. The lowest BCUT2D eigenvalue weighted by Crippen LogP contribution is -2.50. The molecule has 0 radical (unpaired) electrons. The quantitative estimate of drug-likeness (QED) is 0.717. The fraction of sp³-hybridized carbons (Fsp3) is 0.222. The van der Waals surface area contributed by atoms with Gasteiger partial charge < -0.3 is 4.90 Å². The number of piperazine rings is 1.